The molecular weight excluding hydrogens is 290 g/mol. The van der Waals surface area contributed by atoms with Gasteiger partial charge in [-0.1, -0.05) is 17.7 Å². The Hall–Kier alpha value is -1.69. The highest BCUT2D eigenvalue weighted by molar-refractivity contribution is 6.35. The lowest BCUT2D eigenvalue weighted by Crippen LogP contribution is -2.36. The normalized spacial score (nSPS) is 21.6. The molecule has 2 heterocycles. The van der Waals surface area contributed by atoms with Crippen LogP contribution in [0.3, 0.4) is 0 Å². The fourth-order valence-electron chi connectivity index (χ4n) is 2.68. The molecule has 5 nitrogen and oxygen atoms in total. The van der Waals surface area contributed by atoms with E-state index in [2.05, 4.69) is 15.6 Å². The fourth-order valence-corrected chi connectivity index (χ4v) is 2.93. The standard InChI is InChI=1S/C15H16ClN3O2/c16-12-3-4-13-11(2-1-5-17-13)14(12)15(21)19-9-6-10(8-20)18-7-9/h1-5,9-10,18,20H,6-8H2,(H,19,21)/t9-,10-/m0/s1. The monoisotopic (exact) mass is 305 g/mol. The molecule has 6 heteroatoms. The van der Waals surface area contributed by atoms with Crippen LogP contribution in [0, 0.1) is 0 Å². The van der Waals surface area contributed by atoms with Gasteiger partial charge in [0.25, 0.3) is 5.91 Å². The molecule has 2 atom stereocenters. The number of amides is 1. The number of carbonyl (C=O) groups is 1. The van der Waals surface area contributed by atoms with E-state index >= 15 is 0 Å². The van der Waals surface area contributed by atoms with Crippen LogP contribution in [0.5, 0.6) is 0 Å². The van der Waals surface area contributed by atoms with Gasteiger partial charge in [0.2, 0.25) is 0 Å². The van der Waals surface area contributed by atoms with E-state index in [9.17, 15) is 4.79 Å². The Labute approximate surface area is 127 Å². The van der Waals surface area contributed by atoms with Crippen LogP contribution in [0.4, 0.5) is 0 Å². The third-order valence-corrected chi connectivity index (χ3v) is 4.05. The number of pyridine rings is 1. The van der Waals surface area contributed by atoms with Crippen LogP contribution >= 0.6 is 11.6 Å². The average molecular weight is 306 g/mol. The van der Waals surface area contributed by atoms with E-state index in [1.807, 2.05) is 6.07 Å². The number of benzene rings is 1. The van der Waals surface area contributed by atoms with E-state index in [4.69, 9.17) is 16.7 Å². The molecule has 21 heavy (non-hydrogen) atoms. The quantitative estimate of drug-likeness (QED) is 0.800. The zero-order valence-electron chi connectivity index (χ0n) is 11.3. The maximum absolute atomic E-state index is 12.5. The van der Waals surface area contributed by atoms with Crippen molar-refractivity contribution < 1.29 is 9.90 Å². The number of hydrogen-bond donors (Lipinski definition) is 3. The molecule has 1 aromatic carbocycles. The summed E-state index contributed by atoms with van der Waals surface area (Å²) < 4.78 is 0. The Morgan fingerprint density at radius 3 is 3.10 bits per heavy atom. The minimum absolute atomic E-state index is 0.00218. The van der Waals surface area contributed by atoms with Gasteiger partial charge in [-0.3, -0.25) is 9.78 Å². The van der Waals surface area contributed by atoms with Crippen molar-refractivity contribution >= 4 is 28.4 Å². The molecule has 0 spiro atoms. The van der Waals surface area contributed by atoms with Gasteiger partial charge in [-0.2, -0.15) is 0 Å². The topological polar surface area (TPSA) is 74.2 Å². The Balaban J connectivity index is 1.86. The van der Waals surface area contributed by atoms with Gasteiger partial charge in [-0.25, -0.2) is 0 Å². The second kappa shape index (κ2) is 5.97. The molecule has 0 bridgehead atoms. The zero-order valence-corrected chi connectivity index (χ0v) is 12.1. The van der Waals surface area contributed by atoms with E-state index in [1.54, 1.807) is 24.4 Å². The highest BCUT2D eigenvalue weighted by atomic mass is 35.5. The van der Waals surface area contributed by atoms with Crippen molar-refractivity contribution in [1.29, 1.82) is 0 Å². The first-order valence-electron chi connectivity index (χ1n) is 6.87. The third-order valence-electron chi connectivity index (χ3n) is 3.74. The summed E-state index contributed by atoms with van der Waals surface area (Å²) in [6.07, 6.45) is 2.40. The van der Waals surface area contributed by atoms with Crippen molar-refractivity contribution in [2.24, 2.45) is 0 Å². The fraction of sp³-hybridized carbons (Fsp3) is 0.333. The van der Waals surface area contributed by atoms with Crippen molar-refractivity contribution in [3.8, 4) is 0 Å². The van der Waals surface area contributed by atoms with Crippen LogP contribution in [0.2, 0.25) is 5.02 Å². The summed E-state index contributed by atoms with van der Waals surface area (Å²) >= 11 is 6.20. The summed E-state index contributed by atoms with van der Waals surface area (Å²) in [7, 11) is 0. The van der Waals surface area contributed by atoms with Gasteiger partial charge < -0.3 is 15.7 Å². The number of aromatic nitrogens is 1. The number of nitrogens with one attached hydrogen (secondary N) is 2. The summed E-state index contributed by atoms with van der Waals surface area (Å²) in [6, 6.07) is 7.15. The van der Waals surface area contributed by atoms with Crippen LogP contribution in [0.25, 0.3) is 10.9 Å². The molecule has 1 saturated heterocycles. The van der Waals surface area contributed by atoms with Crippen LogP contribution in [-0.2, 0) is 0 Å². The Kier molecular flexibility index (Phi) is 4.05. The van der Waals surface area contributed by atoms with Gasteiger partial charge in [-0.15, -0.1) is 0 Å². The maximum Gasteiger partial charge on any atom is 0.253 e. The summed E-state index contributed by atoms with van der Waals surface area (Å²) in [5, 5.41) is 16.4. The lowest BCUT2D eigenvalue weighted by atomic mass is 10.1. The number of nitrogens with zero attached hydrogens (tertiary/aromatic N) is 1. The van der Waals surface area contributed by atoms with Crippen molar-refractivity contribution in [3.05, 3.63) is 41.0 Å². The van der Waals surface area contributed by atoms with Gasteiger partial charge in [0.15, 0.2) is 0 Å². The average Bonchev–Trinajstić information content (AvgIpc) is 2.94. The van der Waals surface area contributed by atoms with E-state index in [1.165, 1.54) is 0 Å². The summed E-state index contributed by atoms with van der Waals surface area (Å²) in [4.78, 5) is 16.8. The highest BCUT2D eigenvalue weighted by Gasteiger charge is 2.26. The summed E-state index contributed by atoms with van der Waals surface area (Å²) in [5.74, 6) is -0.205. The van der Waals surface area contributed by atoms with E-state index < -0.39 is 0 Å². The largest absolute Gasteiger partial charge is 0.395 e. The molecule has 0 aliphatic carbocycles. The van der Waals surface area contributed by atoms with E-state index in [0.717, 1.165) is 10.9 Å². The molecule has 0 radical (unpaired) electrons. The number of carbonyl (C=O) groups excluding carboxylic acids is 1. The summed E-state index contributed by atoms with van der Waals surface area (Å²) in [5.41, 5.74) is 1.19. The van der Waals surface area contributed by atoms with E-state index in [-0.39, 0.29) is 24.6 Å². The Morgan fingerprint density at radius 1 is 1.48 bits per heavy atom. The second-order valence-corrected chi connectivity index (χ2v) is 5.59. The Morgan fingerprint density at radius 2 is 2.33 bits per heavy atom. The molecule has 1 fully saturated rings. The smallest absolute Gasteiger partial charge is 0.253 e. The Bertz CT molecular complexity index is 677. The van der Waals surface area contributed by atoms with E-state index in [0.29, 0.717) is 23.6 Å². The predicted molar refractivity (Wildman–Crippen MR) is 81.5 cm³/mol. The number of halogens is 1. The number of aliphatic hydroxyl groups is 1. The predicted octanol–water partition coefficient (Wildman–Crippen LogP) is 1.34. The van der Waals surface area contributed by atoms with Gasteiger partial charge >= 0.3 is 0 Å². The molecule has 110 valence electrons. The van der Waals surface area contributed by atoms with Crippen LogP contribution in [0.15, 0.2) is 30.5 Å². The lowest BCUT2D eigenvalue weighted by Gasteiger charge is -2.14. The molecule has 3 N–H and O–H groups in total. The number of aliphatic hydroxyl groups excluding tert-OH is 1. The molecule has 1 aliphatic rings. The molecule has 0 saturated carbocycles. The molecule has 3 rings (SSSR count). The van der Waals surface area contributed by atoms with Gasteiger partial charge in [0, 0.05) is 30.2 Å². The summed E-state index contributed by atoms with van der Waals surface area (Å²) in [6.45, 7) is 0.725. The van der Waals surface area contributed by atoms with Gasteiger partial charge in [0.05, 0.1) is 22.7 Å². The number of hydrogen-bond acceptors (Lipinski definition) is 4. The molecular formula is C15H16ClN3O2. The highest BCUT2D eigenvalue weighted by Crippen LogP contribution is 2.25. The van der Waals surface area contributed by atoms with Crippen LogP contribution in [0.1, 0.15) is 16.8 Å². The maximum atomic E-state index is 12.5. The van der Waals surface area contributed by atoms with Crippen LogP contribution < -0.4 is 10.6 Å². The van der Waals surface area contributed by atoms with Gasteiger partial charge in [0.1, 0.15) is 0 Å². The first kappa shape index (κ1) is 14.3. The molecule has 1 aromatic heterocycles. The van der Waals surface area contributed by atoms with Crippen molar-refractivity contribution in [3.63, 3.8) is 0 Å². The van der Waals surface area contributed by atoms with Crippen molar-refractivity contribution in [2.75, 3.05) is 13.2 Å². The lowest BCUT2D eigenvalue weighted by molar-refractivity contribution is 0.0941. The number of fused-ring (bicyclic) bond motifs is 1. The zero-order chi connectivity index (χ0) is 14.8. The van der Waals surface area contributed by atoms with Crippen molar-refractivity contribution in [1.82, 2.24) is 15.6 Å². The van der Waals surface area contributed by atoms with Crippen LogP contribution in [-0.4, -0.2) is 41.2 Å². The minimum atomic E-state index is -0.205. The molecule has 1 amide bonds. The first-order valence-corrected chi connectivity index (χ1v) is 7.25. The van der Waals surface area contributed by atoms with Gasteiger partial charge in [-0.05, 0) is 24.6 Å². The third kappa shape index (κ3) is 2.85. The molecule has 0 unspecified atom stereocenters. The second-order valence-electron chi connectivity index (χ2n) is 5.19. The molecule has 1 aliphatic heterocycles. The first-order chi connectivity index (χ1) is 10.2. The SMILES string of the molecule is O=C(N[C@@H]1CN[C@H](CO)C1)c1c(Cl)ccc2ncccc12. The number of rotatable bonds is 3. The van der Waals surface area contributed by atoms with Crippen molar-refractivity contribution in [2.45, 2.75) is 18.5 Å². The minimum Gasteiger partial charge on any atom is -0.395 e. The molecule has 2 aromatic rings.